The van der Waals surface area contributed by atoms with E-state index in [1.807, 2.05) is 0 Å². The molecule has 0 bridgehead atoms. The van der Waals surface area contributed by atoms with Crippen LogP contribution in [0.2, 0.25) is 0 Å². The van der Waals surface area contributed by atoms with E-state index in [-0.39, 0.29) is 5.88 Å². The minimum Gasteiger partial charge on any atom is -0.417 e. The minimum absolute atomic E-state index is 0.165. The molecule has 0 aliphatic heterocycles. The standard InChI is InChI=1S/C9H8F2N4O/c10-9(11)16-8-5-6(1-3-13-8)15-4-2-7(12)14-15/h1-5,9H,(H2,12,14). The van der Waals surface area contributed by atoms with Crippen molar-refractivity contribution >= 4 is 5.82 Å². The lowest BCUT2D eigenvalue weighted by molar-refractivity contribution is -0.0528. The van der Waals surface area contributed by atoms with Gasteiger partial charge in [0.15, 0.2) is 0 Å². The molecule has 2 N–H and O–H groups in total. The van der Waals surface area contributed by atoms with Crippen LogP contribution >= 0.6 is 0 Å². The highest BCUT2D eigenvalue weighted by atomic mass is 19.3. The van der Waals surface area contributed by atoms with Crippen molar-refractivity contribution in [2.45, 2.75) is 6.61 Å². The number of hydrogen-bond acceptors (Lipinski definition) is 4. The molecule has 2 rings (SSSR count). The van der Waals surface area contributed by atoms with Crippen molar-refractivity contribution in [1.29, 1.82) is 0 Å². The van der Waals surface area contributed by atoms with Crippen molar-refractivity contribution < 1.29 is 13.5 Å². The lowest BCUT2D eigenvalue weighted by Gasteiger charge is -2.05. The molecule has 0 spiro atoms. The zero-order valence-electron chi connectivity index (χ0n) is 8.05. The van der Waals surface area contributed by atoms with E-state index < -0.39 is 6.61 Å². The number of nitrogens with two attached hydrogens (primary N) is 1. The molecule has 0 saturated heterocycles. The van der Waals surface area contributed by atoms with Crippen LogP contribution in [0.4, 0.5) is 14.6 Å². The van der Waals surface area contributed by atoms with Gasteiger partial charge in [-0.25, -0.2) is 9.67 Å². The van der Waals surface area contributed by atoms with E-state index in [9.17, 15) is 8.78 Å². The quantitative estimate of drug-likeness (QED) is 0.860. The Balaban J connectivity index is 2.28. The molecule has 0 saturated carbocycles. The molecule has 0 aromatic carbocycles. The van der Waals surface area contributed by atoms with Crippen LogP contribution in [0.25, 0.3) is 5.69 Å². The van der Waals surface area contributed by atoms with Crippen LogP contribution in [-0.4, -0.2) is 21.4 Å². The first-order chi connectivity index (χ1) is 7.65. The third kappa shape index (κ3) is 2.25. The lowest BCUT2D eigenvalue weighted by atomic mass is 10.4. The van der Waals surface area contributed by atoms with Crippen molar-refractivity contribution in [3.63, 3.8) is 0 Å². The van der Waals surface area contributed by atoms with Gasteiger partial charge in [-0.1, -0.05) is 0 Å². The van der Waals surface area contributed by atoms with E-state index in [1.54, 1.807) is 18.3 Å². The number of hydrogen-bond donors (Lipinski definition) is 1. The Hall–Kier alpha value is -2.18. The van der Waals surface area contributed by atoms with E-state index >= 15 is 0 Å². The lowest BCUT2D eigenvalue weighted by Crippen LogP contribution is -2.04. The Bertz CT molecular complexity index is 486. The van der Waals surface area contributed by atoms with Crippen LogP contribution in [0.15, 0.2) is 30.6 Å². The Kier molecular flexibility index (Phi) is 2.67. The highest BCUT2D eigenvalue weighted by Crippen LogP contribution is 2.15. The first-order valence-corrected chi connectivity index (χ1v) is 4.37. The highest BCUT2D eigenvalue weighted by Gasteiger charge is 2.07. The molecule has 0 unspecified atom stereocenters. The highest BCUT2D eigenvalue weighted by molar-refractivity contribution is 5.36. The van der Waals surface area contributed by atoms with Gasteiger partial charge >= 0.3 is 6.61 Å². The van der Waals surface area contributed by atoms with Crippen LogP contribution in [-0.2, 0) is 0 Å². The SMILES string of the molecule is Nc1ccn(-c2ccnc(OC(F)F)c2)n1. The Morgan fingerprint density at radius 2 is 2.19 bits per heavy atom. The summed E-state index contributed by atoms with van der Waals surface area (Å²) in [6.45, 7) is -2.90. The molecule has 0 fully saturated rings. The zero-order chi connectivity index (χ0) is 11.5. The van der Waals surface area contributed by atoms with Gasteiger partial charge in [0.25, 0.3) is 0 Å². The number of ether oxygens (including phenoxy) is 1. The number of nitrogen functional groups attached to an aromatic ring is 1. The molecule has 7 heteroatoms. The fraction of sp³-hybridized carbons (Fsp3) is 0.111. The molecular formula is C9H8F2N4O. The number of nitrogens with zero attached hydrogens (tertiary/aromatic N) is 3. The number of aromatic nitrogens is 3. The number of halogens is 2. The predicted octanol–water partition coefficient (Wildman–Crippen LogP) is 1.45. The first-order valence-electron chi connectivity index (χ1n) is 4.37. The summed E-state index contributed by atoms with van der Waals surface area (Å²) in [6.07, 6.45) is 2.96. The number of anilines is 1. The number of rotatable bonds is 3. The maximum absolute atomic E-state index is 12.0. The second-order valence-corrected chi connectivity index (χ2v) is 2.92. The maximum Gasteiger partial charge on any atom is 0.388 e. The van der Waals surface area contributed by atoms with Crippen LogP contribution in [0.5, 0.6) is 5.88 Å². The topological polar surface area (TPSA) is 66.0 Å². The summed E-state index contributed by atoms with van der Waals surface area (Å²) in [5.41, 5.74) is 5.98. The second kappa shape index (κ2) is 4.13. The Labute approximate surface area is 89.5 Å². The van der Waals surface area contributed by atoms with Gasteiger partial charge in [0.1, 0.15) is 5.82 Å². The third-order valence-corrected chi connectivity index (χ3v) is 1.80. The van der Waals surface area contributed by atoms with Crippen LogP contribution in [0, 0.1) is 0 Å². The summed E-state index contributed by atoms with van der Waals surface area (Å²) >= 11 is 0. The molecule has 2 heterocycles. The van der Waals surface area contributed by atoms with Gasteiger partial charge in [-0.15, -0.1) is 0 Å². The Morgan fingerprint density at radius 3 is 2.81 bits per heavy atom. The zero-order valence-corrected chi connectivity index (χ0v) is 8.05. The molecule has 84 valence electrons. The average molecular weight is 226 g/mol. The average Bonchev–Trinajstić information content (AvgIpc) is 2.64. The van der Waals surface area contributed by atoms with Gasteiger partial charge in [-0.2, -0.15) is 13.9 Å². The van der Waals surface area contributed by atoms with E-state index in [2.05, 4.69) is 14.8 Å². The van der Waals surface area contributed by atoms with Crippen molar-refractivity contribution in [2.75, 3.05) is 5.73 Å². The van der Waals surface area contributed by atoms with Crippen molar-refractivity contribution in [1.82, 2.24) is 14.8 Å². The fourth-order valence-electron chi connectivity index (χ4n) is 1.18. The summed E-state index contributed by atoms with van der Waals surface area (Å²) < 4.78 is 29.5. The molecule has 2 aromatic rings. The van der Waals surface area contributed by atoms with E-state index in [0.29, 0.717) is 11.5 Å². The molecular weight excluding hydrogens is 218 g/mol. The molecule has 5 nitrogen and oxygen atoms in total. The van der Waals surface area contributed by atoms with Crippen molar-refractivity contribution in [3.8, 4) is 11.6 Å². The summed E-state index contributed by atoms with van der Waals surface area (Å²) in [4.78, 5) is 3.64. The van der Waals surface area contributed by atoms with Crippen molar-refractivity contribution in [3.05, 3.63) is 30.6 Å². The summed E-state index contributed by atoms with van der Waals surface area (Å²) in [6, 6.07) is 4.54. The fourth-order valence-corrected chi connectivity index (χ4v) is 1.18. The molecule has 16 heavy (non-hydrogen) atoms. The van der Waals surface area contributed by atoms with Gasteiger partial charge in [0.2, 0.25) is 5.88 Å². The van der Waals surface area contributed by atoms with Gasteiger partial charge in [-0.05, 0) is 6.07 Å². The maximum atomic E-state index is 12.0. The summed E-state index contributed by atoms with van der Waals surface area (Å²) in [5.74, 6) is 0.176. The largest absolute Gasteiger partial charge is 0.417 e. The number of pyridine rings is 1. The summed E-state index contributed by atoms with van der Waals surface area (Å²) in [5, 5.41) is 3.92. The second-order valence-electron chi connectivity index (χ2n) is 2.92. The van der Waals surface area contributed by atoms with Gasteiger partial charge < -0.3 is 10.5 Å². The van der Waals surface area contributed by atoms with E-state index in [0.717, 1.165) is 0 Å². The monoisotopic (exact) mass is 226 g/mol. The summed E-state index contributed by atoms with van der Waals surface area (Å²) in [7, 11) is 0. The molecule has 0 aliphatic rings. The van der Waals surface area contributed by atoms with E-state index in [1.165, 1.54) is 16.9 Å². The normalized spacial score (nSPS) is 10.7. The van der Waals surface area contributed by atoms with Crippen LogP contribution < -0.4 is 10.5 Å². The van der Waals surface area contributed by atoms with Gasteiger partial charge in [0.05, 0.1) is 5.69 Å². The molecule has 0 aliphatic carbocycles. The molecule has 2 aromatic heterocycles. The predicted molar refractivity (Wildman–Crippen MR) is 52.4 cm³/mol. The first kappa shape index (κ1) is 10.3. The van der Waals surface area contributed by atoms with Crippen LogP contribution in [0.3, 0.4) is 0 Å². The molecule has 0 atom stereocenters. The van der Waals surface area contributed by atoms with Crippen LogP contribution in [0.1, 0.15) is 0 Å². The smallest absolute Gasteiger partial charge is 0.388 e. The molecule has 0 radical (unpaired) electrons. The minimum atomic E-state index is -2.90. The Morgan fingerprint density at radius 1 is 1.38 bits per heavy atom. The van der Waals surface area contributed by atoms with Gasteiger partial charge in [0, 0.05) is 24.5 Å². The number of alkyl halides is 2. The molecule has 0 amide bonds. The van der Waals surface area contributed by atoms with Gasteiger partial charge in [-0.3, -0.25) is 0 Å². The van der Waals surface area contributed by atoms with Crippen molar-refractivity contribution in [2.24, 2.45) is 0 Å². The third-order valence-electron chi connectivity index (χ3n) is 1.80. The van der Waals surface area contributed by atoms with E-state index in [4.69, 9.17) is 5.73 Å².